The van der Waals surface area contributed by atoms with Crippen LogP contribution in [-0.4, -0.2) is 22.3 Å². The van der Waals surface area contributed by atoms with Crippen molar-refractivity contribution in [3.8, 4) is 0 Å². The predicted molar refractivity (Wildman–Crippen MR) is 107 cm³/mol. The van der Waals surface area contributed by atoms with Crippen molar-refractivity contribution < 1.29 is 15.0 Å². The van der Waals surface area contributed by atoms with Gasteiger partial charge in [0.1, 0.15) is 0 Å². The van der Waals surface area contributed by atoms with Crippen LogP contribution in [0.25, 0.3) is 0 Å². The van der Waals surface area contributed by atoms with Gasteiger partial charge >= 0.3 is 5.97 Å². The third-order valence-corrected chi connectivity index (χ3v) is 4.81. The number of unbranched alkanes of at least 4 members (excludes halogenated alkanes) is 13. The first-order chi connectivity index (χ1) is 12.2. The molecule has 0 aliphatic carbocycles. The van der Waals surface area contributed by atoms with E-state index in [1.165, 1.54) is 89.5 Å². The summed E-state index contributed by atoms with van der Waals surface area (Å²) in [6.07, 6.45) is 23.5. The summed E-state index contributed by atoms with van der Waals surface area (Å²) >= 11 is 0. The summed E-state index contributed by atoms with van der Waals surface area (Å²) in [5.41, 5.74) is 0. The summed E-state index contributed by atoms with van der Waals surface area (Å²) in [6.45, 7) is 2.20. The lowest BCUT2D eigenvalue weighted by molar-refractivity contribution is -0.131. The molecule has 1 atom stereocenters. The normalized spacial score (nSPS) is 12.7. The van der Waals surface area contributed by atoms with E-state index in [1.54, 1.807) is 6.08 Å². The summed E-state index contributed by atoms with van der Waals surface area (Å²) < 4.78 is 0. The highest BCUT2D eigenvalue weighted by molar-refractivity contribution is 5.79. The number of carbonyl (C=O) groups is 1. The van der Waals surface area contributed by atoms with Gasteiger partial charge < -0.3 is 10.2 Å². The molecule has 3 heteroatoms. The lowest BCUT2D eigenvalue weighted by Crippen LogP contribution is -2.05. The molecule has 0 aromatic rings. The van der Waals surface area contributed by atoms with Gasteiger partial charge in [-0.15, -0.1) is 0 Å². The number of aliphatic carboxylic acids is 1. The molecule has 3 nitrogen and oxygen atoms in total. The zero-order valence-corrected chi connectivity index (χ0v) is 16.6. The quantitative estimate of drug-likeness (QED) is 0.202. The summed E-state index contributed by atoms with van der Waals surface area (Å²) in [5, 5.41) is 18.3. The van der Waals surface area contributed by atoms with E-state index in [4.69, 9.17) is 5.11 Å². The zero-order chi connectivity index (χ0) is 18.6. The van der Waals surface area contributed by atoms with Gasteiger partial charge in [-0.2, -0.15) is 0 Å². The van der Waals surface area contributed by atoms with E-state index in [0.29, 0.717) is 0 Å². The molecule has 0 saturated carbocycles. The highest BCUT2D eigenvalue weighted by Gasteiger charge is 2.03. The average molecular weight is 355 g/mol. The monoisotopic (exact) mass is 354 g/mol. The average Bonchev–Trinajstić information content (AvgIpc) is 2.58. The number of aliphatic hydroxyl groups excluding tert-OH is 1. The maximum Gasteiger partial charge on any atom is 0.327 e. The van der Waals surface area contributed by atoms with Crippen LogP contribution in [0.3, 0.4) is 0 Å². The highest BCUT2D eigenvalue weighted by atomic mass is 16.4. The minimum absolute atomic E-state index is 0.0637. The Morgan fingerprint density at radius 1 is 0.760 bits per heavy atom. The van der Waals surface area contributed by atoms with Crippen LogP contribution >= 0.6 is 0 Å². The minimum atomic E-state index is -0.844. The summed E-state index contributed by atoms with van der Waals surface area (Å²) in [4.78, 5) is 10.3. The van der Waals surface area contributed by atoms with Gasteiger partial charge in [-0.25, -0.2) is 4.79 Å². The SMILES string of the molecule is CCCCCC(O)CCCCCCCCCCCCC/C=C/C(=O)O. The van der Waals surface area contributed by atoms with Gasteiger partial charge in [0.15, 0.2) is 0 Å². The van der Waals surface area contributed by atoms with Gasteiger partial charge in [-0.3, -0.25) is 0 Å². The van der Waals surface area contributed by atoms with Crippen LogP contribution in [-0.2, 0) is 4.79 Å². The fourth-order valence-corrected chi connectivity index (χ4v) is 3.19. The Bertz CT molecular complexity index is 312. The number of rotatable bonds is 19. The fraction of sp³-hybridized carbons (Fsp3) is 0.864. The topological polar surface area (TPSA) is 57.5 Å². The number of hydrogen-bond donors (Lipinski definition) is 2. The Balaban J connectivity index is 3.13. The molecule has 25 heavy (non-hydrogen) atoms. The molecule has 0 bridgehead atoms. The van der Waals surface area contributed by atoms with E-state index in [9.17, 15) is 9.90 Å². The third kappa shape index (κ3) is 21.1. The Morgan fingerprint density at radius 2 is 1.20 bits per heavy atom. The molecular weight excluding hydrogens is 312 g/mol. The van der Waals surface area contributed by atoms with Crippen molar-refractivity contribution >= 4 is 5.97 Å². The first-order valence-electron chi connectivity index (χ1n) is 10.7. The van der Waals surface area contributed by atoms with Crippen LogP contribution in [0, 0.1) is 0 Å². The summed E-state index contributed by atoms with van der Waals surface area (Å²) in [6, 6.07) is 0. The molecule has 1 unspecified atom stereocenters. The van der Waals surface area contributed by atoms with E-state index in [1.807, 2.05) is 0 Å². The molecule has 0 heterocycles. The lowest BCUT2D eigenvalue weighted by atomic mass is 10.0. The van der Waals surface area contributed by atoms with Crippen molar-refractivity contribution in [2.24, 2.45) is 0 Å². The lowest BCUT2D eigenvalue weighted by Gasteiger charge is -2.09. The van der Waals surface area contributed by atoms with Crippen molar-refractivity contribution in [3.05, 3.63) is 12.2 Å². The third-order valence-electron chi connectivity index (χ3n) is 4.81. The molecular formula is C22H42O3. The van der Waals surface area contributed by atoms with Crippen molar-refractivity contribution in [2.45, 2.75) is 122 Å². The molecule has 0 aliphatic heterocycles. The highest BCUT2D eigenvalue weighted by Crippen LogP contribution is 2.14. The Labute approximate surface area is 155 Å². The van der Waals surface area contributed by atoms with E-state index in [-0.39, 0.29) is 6.10 Å². The molecule has 0 rings (SSSR count). The Kier molecular flexibility index (Phi) is 18.8. The number of carboxylic acid groups (broad SMARTS) is 1. The van der Waals surface area contributed by atoms with Crippen LogP contribution in [0.1, 0.15) is 116 Å². The van der Waals surface area contributed by atoms with Gasteiger partial charge in [-0.1, -0.05) is 96.5 Å². The Morgan fingerprint density at radius 3 is 1.68 bits per heavy atom. The molecule has 148 valence electrons. The molecule has 0 aromatic heterocycles. The van der Waals surface area contributed by atoms with Gasteiger partial charge in [-0.05, 0) is 25.7 Å². The molecule has 0 spiro atoms. The second-order valence-electron chi connectivity index (χ2n) is 7.36. The van der Waals surface area contributed by atoms with Gasteiger partial charge in [0.2, 0.25) is 0 Å². The minimum Gasteiger partial charge on any atom is -0.478 e. The standard InChI is InChI=1S/C22H42O3/c1-2-3-15-18-21(23)19-16-13-11-9-7-5-4-6-8-10-12-14-17-20-22(24)25/h17,20-21,23H,2-16,18-19H2,1H3,(H,24,25)/b20-17+. The largest absolute Gasteiger partial charge is 0.478 e. The van der Waals surface area contributed by atoms with Gasteiger partial charge in [0.05, 0.1) is 6.10 Å². The molecule has 0 saturated heterocycles. The first kappa shape index (κ1) is 24.2. The van der Waals surface area contributed by atoms with E-state index in [2.05, 4.69) is 6.92 Å². The van der Waals surface area contributed by atoms with Crippen LogP contribution < -0.4 is 0 Å². The smallest absolute Gasteiger partial charge is 0.327 e. The predicted octanol–water partition coefficient (Wildman–Crippen LogP) is 6.64. The van der Waals surface area contributed by atoms with Crippen molar-refractivity contribution in [1.29, 1.82) is 0 Å². The van der Waals surface area contributed by atoms with Crippen LogP contribution in [0.2, 0.25) is 0 Å². The molecule has 0 aliphatic rings. The number of carboxylic acids is 1. The molecule has 0 radical (unpaired) electrons. The molecule has 0 amide bonds. The van der Waals surface area contributed by atoms with Gasteiger partial charge in [0.25, 0.3) is 0 Å². The summed E-state index contributed by atoms with van der Waals surface area (Å²) in [5.74, 6) is -0.844. The van der Waals surface area contributed by atoms with Crippen molar-refractivity contribution in [1.82, 2.24) is 0 Å². The van der Waals surface area contributed by atoms with E-state index >= 15 is 0 Å². The zero-order valence-electron chi connectivity index (χ0n) is 16.6. The molecule has 2 N–H and O–H groups in total. The van der Waals surface area contributed by atoms with Crippen LogP contribution in [0.15, 0.2) is 12.2 Å². The number of allylic oxidation sites excluding steroid dienone is 1. The maximum absolute atomic E-state index is 10.3. The van der Waals surface area contributed by atoms with Crippen LogP contribution in [0.5, 0.6) is 0 Å². The second kappa shape index (κ2) is 19.5. The fourth-order valence-electron chi connectivity index (χ4n) is 3.19. The van der Waals surface area contributed by atoms with E-state index in [0.717, 1.165) is 25.7 Å². The van der Waals surface area contributed by atoms with Crippen molar-refractivity contribution in [2.75, 3.05) is 0 Å². The number of hydrogen-bond acceptors (Lipinski definition) is 2. The van der Waals surface area contributed by atoms with Crippen molar-refractivity contribution in [3.63, 3.8) is 0 Å². The molecule has 0 fully saturated rings. The second-order valence-corrected chi connectivity index (χ2v) is 7.36. The molecule has 0 aromatic carbocycles. The van der Waals surface area contributed by atoms with E-state index < -0.39 is 5.97 Å². The Hall–Kier alpha value is -0.830. The summed E-state index contributed by atoms with van der Waals surface area (Å²) in [7, 11) is 0. The number of aliphatic hydroxyl groups is 1. The van der Waals surface area contributed by atoms with Crippen LogP contribution in [0.4, 0.5) is 0 Å². The first-order valence-corrected chi connectivity index (χ1v) is 10.7. The van der Waals surface area contributed by atoms with Gasteiger partial charge in [0, 0.05) is 6.08 Å². The maximum atomic E-state index is 10.3.